The monoisotopic (exact) mass is 357 g/mol. The SMILES string of the molecule is O=C(CCCCCl)Nc1ccc(Br)c(Cl)c1Cl. The number of anilines is 1. The Balaban J connectivity index is 2.63. The van der Waals surface area contributed by atoms with Gasteiger partial charge in [-0.05, 0) is 40.9 Å². The van der Waals surface area contributed by atoms with Gasteiger partial charge >= 0.3 is 0 Å². The summed E-state index contributed by atoms with van der Waals surface area (Å²) in [6, 6.07) is 3.44. The average Bonchev–Trinajstić information content (AvgIpc) is 2.30. The molecule has 94 valence electrons. The molecular formula is C11H11BrCl3NO. The first-order valence-electron chi connectivity index (χ1n) is 5.05. The molecule has 0 aliphatic carbocycles. The van der Waals surface area contributed by atoms with Crippen LogP contribution in [0.3, 0.4) is 0 Å². The summed E-state index contributed by atoms with van der Waals surface area (Å²) in [6.45, 7) is 0. The lowest BCUT2D eigenvalue weighted by Gasteiger charge is -2.09. The maximum Gasteiger partial charge on any atom is 0.224 e. The van der Waals surface area contributed by atoms with Gasteiger partial charge in [0.25, 0.3) is 0 Å². The molecule has 1 amide bonds. The molecule has 0 aliphatic rings. The minimum Gasteiger partial charge on any atom is -0.325 e. The number of halogens is 4. The Morgan fingerprint density at radius 3 is 2.59 bits per heavy atom. The fourth-order valence-electron chi connectivity index (χ4n) is 1.22. The van der Waals surface area contributed by atoms with E-state index in [4.69, 9.17) is 34.8 Å². The molecule has 6 heteroatoms. The molecule has 0 spiro atoms. The van der Waals surface area contributed by atoms with Crippen LogP contribution < -0.4 is 5.32 Å². The highest BCUT2D eigenvalue weighted by atomic mass is 79.9. The van der Waals surface area contributed by atoms with Crippen LogP contribution in [0.15, 0.2) is 16.6 Å². The van der Waals surface area contributed by atoms with E-state index in [1.165, 1.54) is 0 Å². The highest BCUT2D eigenvalue weighted by molar-refractivity contribution is 9.10. The molecule has 0 saturated carbocycles. The van der Waals surface area contributed by atoms with E-state index in [2.05, 4.69) is 21.2 Å². The van der Waals surface area contributed by atoms with Crippen LogP contribution in [0.5, 0.6) is 0 Å². The molecule has 0 unspecified atom stereocenters. The molecule has 17 heavy (non-hydrogen) atoms. The van der Waals surface area contributed by atoms with Crippen molar-refractivity contribution in [1.82, 2.24) is 0 Å². The van der Waals surface area contributed by atoms with Crippen molar-refractivity contribution >= 4 is 62.3 Å². The number of carbonyl (C=O) groups is 1. The fraction of sp³-hybridized carbons (Fsp3) is 0.364. The smallest absolute Gasteiger partial charge is 0.224 e. The minimum atomic E-state index is -0.0876. The predicted octanol–water partition coefficient (Wildman–Crippen LogP) is 5.10. The van der Waals surface area contributed by atoms with E-state index in [1.807, 2.05) is 0 Å². The summed E-state index contributed by atoms with van der Waals surface area (Å²) in [5.74, 6) is 0.480. The normalized spacial score (nSPS) is 10.4. The van der Waals surface area contributed by atoms with Crippen molar-refractivity contribution in [3.63, 3.8) is 0 Å². The van der Waals surface area contributed by atoms with Gasteiger partial charge < -0.3 is 5.32 Å². The first-order valence-corrected chi connectivity index (χ1v) is 7.14. The Kier molecular flexibility index (Phi) is 6.63. The van der Waals surface area contributed by atoms with E-state index in [0.29, 0.717) is 32.5 Å². The van der Waals surface area contributed by atoms with E-state index in [9.17, 15) is 4.79 Å². The number of nitrogens with one attached hydrogen (secondary N) is 1. The molecule has 0 bridgehead atoms. The van der Waals surface area contributed by atoms with E-state index >= 15 is 0 Å². The number of alkyl halides is 1. The molecule has 0 fully saturated rings. The Hall–Kier alpha value is 0.0400. The summed E-state index contributed by atoms with van der Waals surface area (Å²) >= 11 is 20.7. The number of carbonyl (C=O) groups excluding carboxylic acids is 1. The molecule has 0 saturated heterocycles. The van der Waals surface area contributed by atoms with Crippen molar-refractivity contribution in [2.45, 2.75) is 19.3 Å². The van der Waals surface area contributed by atoms with Gasteiger partial charge in [-0.15, -0.1) is 11.6 Å². The molecule has 0 heterocycles. The summed E-state index contributed by atoms with van der Waals surface area (Å²) in [6.07, 6.45) is 2.01. The van der Waals surface area contributed by atoms with Crippen LogP contribution in [-0.4, -0.2) is 11.8 Å². The summed E-state index contributed by atoms with van der Waals surface area (Å²) in [5.41, 5.74) is 0.524. The highest BCUT2D eigenvalue weighted by Gasteiger charge is 2.10. The number of hydrogen-bond acceptors (Lipinski definition) is 1. The third kappa shape index (κ3) is 4.66. The van der Waals surface area contributed by atoms with Gasteiger partial charge in [-0.1, -0.05) is 23.2 Å². The quantitative estimate of drug-likeness (QED) is 0.442. The highest BCUT2D eigenvalue weighted by Crippen LogP contribution is 2.35. The van der Waals surface area contributed by atoms with Gasteiger partial charge in [0, 0.05) is 16.8 Å². The zero-order valence-electron chi connectivity index (χ0n) is 8.90. The average molecular weight is 359 g/mol. The van der Waals surface area contributed by atoms with E-state index in [-0.39, 0.29) is 5.91 Å². The van der Waals surface area contributed by atoms with Crippen LogP contribution in [0.4, 0.5) is 5.69 Å². The molecule has 1 aromatic rings. The molecule has 1 rings (SSSR count). The second kappa shape index (κ2) is 7.47. The Bertz CT molecular complexity index is 412. The third-order valence-electron chi connectivity index (χ3n) is 2.10. The Morgan fingerprint density at radius 1 is 1.24 bits per heavy atom. The Morgan fingerprint density at radius 2 is 1.94 bits per heavy atom. The molecule has 0 atom stereocenters. The zero-order chi connectivity index (χ0) is 12.8. The van der Waals surface area contributed by atoms with Crippen LogP contribution in [0.2, 0.25) is 10.0 Å². The van der Waals surface area contributed by atoms with Gasteiger partial charge in [0.15, 0.2) is 0 Å². The first kappa shape index (κ1) is 15.1. The van der Waals surface area contributed by atoms with Crippen LogP contribution in [-0.2, 0) is 4.79 Å². The van der Waals surface area contributed by atoms with Crippen molar-refractivity contribution in [3.05, 3.63) is 26.7 Å². The number of benzene rings is 1. The second-order valence-electron chi connectivity index (χ2n) is 3.42. The lowest BCUT2D eigenvalue weighted by molar-refractivity contribution is -0.116. The van der Waals surface area contributed by atoms with Gasteiger partial charge in [-0.2, -0.15) is 0 Å². The maximum absolute atomic E-state index is 11.6. The van der Waals surface area contributed by atoms with Crippen LogP contribution in [0, 0.1) is 0 Å². The van der Waals surface area contributed by atoms with Gasteiger partial charge in [0.1, 0.15) is 0 Å². The van der Waals surface area contributed by atoms with Crippen LogP contribution >= 0.6 is 50.7 Å². The molecular weight excluding hydrogens is 348 g/mol. The summed E-state index contributed by atoms with van der Waals surface area (Å²) in [7, 11) is 0. The predicted molar refractivity (Wildman–Crippen MR) is 77.4 cm³/mol. The van der Waals surface area contributed by atoms with E-state index < -0.39 is 0 Å². The lowest BCUT2D eigenvalue weighted by Crippen LogP contribution is -2.11. The third-order valence-corrected chi connectivity index (χ3v) is 4.14. The fourth-order valence-corrected chi connectivity index (χ4v) is 2.23. The van der Waals surface area contributed by atoms with Crippen molar-refractivity contribution in [2.75, 3.05) is 11.2 Å². The number of unbranched alkanes of at least 4 members (excludes halogenated alkanes) is 1. The van der Waals surface area contributed by atoms with Gasteiger partial charge in [-0.3, -0.25) is 4.79 Å². The largest absolute Gasteiger partial charge is 0.325 e. The molecule has 0 radical (unpaired) electrons. The molecule has 1 N–H and O–H groups in total. The maximum atomic E-state index is 11.6. The summed E-state index contributed by atoms with van der Waals surface area (Å²) < 4.78 is 0.698. The van der Waals surface area contributed by atoms with Gasteiger partial charge in [0.05, 0.1) is 15.7 Å². The van der Waals surface area contributed by atoms with Crippen molar-refractivity contribution in [1.29, 1.82) is 0 Å². The Labute approximate surface area is 124 Å². The topological polar surface area (TPSA) is 29.1 Å². The van der Waals surface area contributed by atoms with E-state index in [1.54, 1.807) is 12.1 Å². The molecule has 1 aromatic carbocycles. The van der Waals surface area contributed by atoms with Crippen molar-refractivity contribution < 1.29 is 4.79 Å². The minimum absolute atomic E-state index is 0.0876. The molecule has 0 aromatic heterocycles. The molecule has 2 nitrogen and oxygen atoms in total. The first-order chi connectivity index (χ1) is 8.06. The lowest BCUT2D eigenvalue weighted by atomic mass is 10.2. The van der Waals surface area contributed by atoms with Crippen LogP contribution in [0.1, 0.15) is 19.3 Å². The van der Waals surface area contributed by atoms with Gasteiger partial charge in [-0.25, -0.2) is 0 Å². The van der Waals surface area contributed by atoms with Crippen molar-refractivity contribution in [2.24, 2.45) is 0 Å². The zero-order valence-corrected chi connectivity index (χ0v) is 12.8. The summed E-state index contributed by atoms with van der Waals surface area (Å²) in [5, 5.41) is 3.45. The number of amides is 1. The number of hydrogen-bond donors (Lipinski definition) is 1. The second-order valence-corrected chi connectivity index (χ2v) is 5.41. The van der Waals surface area contributed by atoms with E-state index in [0.717, 1.165) is 12.8 Å². The van der Waals surface area contributed by atoms with Crippen LogP contribution in [0.25, 0.3) is 0 Å². The number of rotatable bonds is 5. The summed E-state index contributed by atoms with van der Waals surface area (Å²) in [4.78, 5) is 11.6. The van der Waals surface area contributed by atoms with Gasteiger partial charge in [0.2, 0.25) is 5.91 Å². The standard InChI is InChI=1S/C11H11BrCl3NO/c12-7-4-5-8(11(15)10(7)14)16-9(17)3-1-2-6-13/h4-5H,1-3,6H2,(H,16,17). The van der Waals surface area contributed by atoms with Crippen molar-refractivity contribution in [3.8, 4) is 0 Å². The molecule has 0 aliphatic heterocycles.